The van der Waals surface area contributed by atoms with Crippen LogP contribution < -0.4 is 40.6 Å². The molecular weight excluding hydrogens is 457 g/mol. The number of anilines is 1. The van der Waals surface area contributed by atoms with Crippen molar-refractivity contribution in [3.05, 3.63) is 47.0 Å². The molecule has 11 nitrogen and oxygen atoms in total. The minimum Gasteiger partial charge on any atom is -1.00 e. The van der Waals surface area contributed by atoms with Crippen molar-refractivity contribution in [2.24, 2.45) is 5.16 Å². The van der Waals surface area contributed by atoms with Gasteiger partial charge in [0.2, 0.25) is 0 Å². The number of rotatable bonds is 8. The van der Waals surface area contributed by atoms with E-state index in [1.54, 1.807) is 0 Å². The van der Waals surface area contributed by atoms with E-state index in [9.17, 15) is 22.6 Å². The number of thiazole rings is 1. The topological polar surface area (TPSA) is 164 Å². The number of nitrogens with one attached hydrogen (secondary N) is 1. The fraction of sp³-hybridized carbons (Fsp3) is 0.294. The maximum absolute atomic E-state index is 12.7. The summed E-state index contributed by atoms with van der Waals surface area (Å²) in [6.07, 6.45) is 0.625. The maximum Gasteiger partial charge on any atom is 1.00 e. The van der Waals surface area contributed by atoms with Gasteiger partial charge in [0.05, 0.1) is 6.04 Å². The Morgan fingerprint density at radius 3 is 2.65 bits per heavy atom. The van der Waals surface area contributed by atoms with E-state index < -0.39 is 34.2 Å². The molecule has 1 aliphatic heterocycles. The first-order valence-electron chi connectivity index (χ1n) is 8.70. The number of β-lactam (4-membered cyclic amide) rings is 1. The van der Waals surface area contributed by atoms with E-state index >= 15 is 0 Å². The third-order valence-electron chi connectivity index (χ3n) is 4.44. The second kappa shape index (κ2) is 10.5. The van der Waals surface area contributed by atoms with E-state index in [2.05, 4.69) is 20.3 Å². The largest absolute Gasteiger partial charge is 1.00 e. The predicted octanol–water partition coefficient (Wildman–Crippen LogP) is -2.68. The Kier molecular flexibility index (Phi) is 8.57. The molecule has 0 radical (unpaired) electrons. The van der Waals surface area contributed by atoms with Gasteiger partial charge in [0.25, 0.3) is 11.8 Å². The van der Waals surface area contributed by atoms with Gasteiger partial charge in [-0.15, -0.1) is 11.3 Å². The van der Waals surface area contributed by atoms with Crippen molar-refractivity contribution in [1.82, 2.24) is 14.6 Å². The number of benzene rings is 1. The van der Waals surface area contributed by atoms with Crippen LogP contribution in [0.4, 0.5) is 5.13 Å². The quantitative estimate of drug-likeness (QED) is 0.122. The van der Waals surface area contributed by atoms with Crippen LogP contribution in [-0.2, 0) is 31.2 Å². The molecule has 3 rings (SSSR count). The van der Waals surface area contributed by atoms with E-state index in [-0.39, 0.29) is 53.9 Å². The van der Waals surface area contributed by atoms with Gasteiger partial charge in [-0.2, -0.15) is 8.42 Å². The van der Waals surface area contributed by atoms with Gasteiger partial charge in [-0.05, 0) is 18.4 Å². The van der Waals surface area contributed by atoms with E-state index in [0.717, 1.165) is 16.9 Å². The molecule has 1 fully saturated rings. The van der Waals surface area contributed by atoms with Crippen LogP contribution in [0.5, 0.6) is 0 Å². The fourth-order valence-corrected chi connectivity index (χ4v) is 4.56. The van der Waals surface area contributed by atoms with Gasteiger partial charge in [0.15, 0.2) is 10.8 Å². The summed E-state index contributed by atoms with van der Waals surface area (Å²) in [5.41, 5.74) is 6.43. The Hall–Kier alpha value is -2.03. The molecule has 0 aliphatic carbocycles. The van der Waals surface area contributed by atoms with Crippen molar-refractivity contribution < 1.29 is 58.4 Å². The van der Waals surface area contributed by atoms with Gasteiger partial charge in [-0.1, -0.05) is 35.5 Å². The molecule has 2 atom stereocenters. The summed E-state index contributed by atoms with van der Waals surface area (Å²) < 4.78 is 33.0. The number of nitrogens with zero attached hydrogens (tertiary/aromatic N) is 3. The number of oxime groups is 1. The van der Waals surface area contributed by atoms with Gasteiger partial charge >= 0.3 is 39.9 Å². The molecule has 1 saturated heterocycles. The molecule has 31 heavy (non-hydrogen) atoms. The van der Waals surface area contributed by atoms with Crippen LogP contribution in [0.1, 0.15) is 19.1 Å². The summed E-state index contributed by atoms with van der Waals surface area (Å²) in [5.74, 6) is -1.74. The predicted molar refractivity (Wildman–Crippen MR) is 110 cm³/mol. The van der Waals surface area contributed by atoms with Crippen LogP contribution in [-0.4, -0.2) is 59.0 Å². The second-order valence-electron chi connectivity index (χ2n) is 6.35. The number of carbonyl (C=O) groups is 2. The van der Waals surface area contributed by atoms with E-state index in [0.29, 0.717) is 10.7 Å². The molecule has 1 aliphatic rings. The van der Waals surface area contributed by atoms with Crippen molar-refractivity contribution in [1.29, 1.82) is 0 Å². The minimum absolute atomic E-state index is 0. The summed E-state index contributed by atoms with van der Waals surface area (Å²) in [5, 5.41) is 7.79. The molecule has 2 aromatic rings. The number of aryl methyl sites for hydroxylation is 1. The number of carbonyl (C=O) groups excluding carboxylic acids is 2. The molecule has 1 aromatic carbocycles. The molecule has 4 N–H and O–H groups in total. The summed E-state index contributed by atoms with van der Waals surface area (Å²) in [6.45, 7) is 0. The van der Waals surface area contributed by atoms with Gasteiger partial charge < -0.3 is 17.3 Å². The second-order valence-corrected chi connectivity index (χ2v) is 8.53. The standard InChI is InChI=1S/C17H19N5O6S2.Na.H/c1-28-21-13(11-9-29-17(18)19-11)15(23)20-14-12(22(16(14)24)30(25,26)27)8-7-10-5-3-2-4-6-10;;/h2-6,9,12,14H,7-8H2,1H3,(H2,18,19)(H,20,23)(H,25,26,27);;/q;+1;-1/b21-13-;;. The SMILES string of the molecule is CO/N=C(\C(=O)NC1C(=O)N(S(=O)(=O)O)C1CCc1ccccc1)c1csc(N)n1.[H-].[Na+]. The first kappa shape index (κ1) is 25.2. The van der Waals surface area contributed by atoms with Crippen LogP contribution in [0.15, 0.2) is 40.9 Å². The molecule has 14 heteroatoms. The normalized spacial score (nSPS) is 18.7. The van der Waals surface area contributed by atoms with E-state index in [4.69, 9.17) is 5.73 Å². The number of nitrogen functional groups attached to an aromatic ring is 1. The number of hydrogen-bond donors (Lipinski definition) is 3. The average molecular weight is 478 g/mol. The summed E-state index contributed by atoms with van der Waals surface area (Å²) in [6, 6.07) is 7.07. The van der Waals surface area contributed by atoms with Crippen LogP contribution in [0.3, 0.4) is 0 Å². The van der Waals surface area contributed by atoms with Crippen molar-refractivity contribution >= 4 is 44.3 Å². The van der Waals surface area contributed by atoms with Gasteiger partial charge in [-0.25, -0.2) is 9.29 Å². The number of nitrogens with two attached hydrogens (primary N) is 1. The Morgan fingerprint density at radius 2 is 2.10 bits per heavy atom. The monoisotopic (exact) mass is 477 g/mol. The molecular formula is C17H20N5NaO6S2. The zero-order valence-corrected chi connectivity index (χ0v) is 20.4. The van der Waals surface area contributed by atoms with Gasteiger partial charge in [0, 0.05) is 5.38 Å². The Balaban J connectivity index is 0.00000256. The van der Waals surface area contributed by atoms with Crippen molar-refractivity contribution in [2.75, 3.05) is 12.8 Å². The molecule has 1 aromatic heterocycles. The first-order valence-corrected chi connectivity index (χ1v) is 11.0. The number of amides is 2. The molecule has 2 unspecified atom stereocenters. The summed E-state index contributed by atoms with van der Waals surface area (Å²) in [4.78, 5) is 33.7. The van der Waals surface area contributed by atoms with Crippen LogP contribution in [0, 0.1) is 0 Å². The average Bonchev–Trinajstić information content (AvgIpc) is 3.12. The van der Waals surface area contributed by atoms with Crippen molar-refractivity contribution in [3.8, 4) is 0 Å². The van der Waals surface area contributed by atoms with Crippen LogP contribution in [0.2, 0.25) is 0 Å². The van der Waals surface area contributed by atoms with Crippen LogP contribution >= 0.6 is 11.3 Å². The number of aromatic nitrogens is 1. The Bertz CT molecular complexity index is 1080. The summed E-state index contributed by atoms with van der Waals surface area (Å²) in [7, 11) is -3.53. The zero-order valence-electron chi connectivity index (χ0n) is 17.8. The Labute approximate surface area is 206 Å². The molecule has 162 valence electrons. The van der Waals surface area contributed by atoms with Crippen molar-refractivity contribution in [2.45, 2.75) is 24.9 Å². The molecule has 0 saturated carbocycles. The Morgan fingerprint density at radius 1 is 1.42 bits per heavy atom. The van der Waals surface area contributed by atoms with Gasteiger partial charge in [0.1, 0.15) is 18.8 Å². The maximum atomic E-state index is 12.7. The first-order chi connectivity index (χ1) is 14.2. The zero-order chi connectivity index (χ0) is 21.9. The van der Waals surface area contributed by atoms with Crippen molar-refractivity contribution in [3.63, 3.8) is 0 Å². The molecule has 0 bridgehead atoms. The van der Waals surface area contributed by atoms with E-state index in [1.165, 1.54) is 12.5 Å². The minimum atomic E-state index is -4.77. The van der Waals surface area contributed by atoms with E-state index in [1.807, 2.05) is 30.3 Å². The smallest absolute Gasteiger partial charge is 1.00 e. The molecule has 2 heterocycles. The summed E-state index contributed by atoms with van der Waals surface area (Å²) >= 11 is 1.09. The molecule has 0 spiro atoms. The fourth-order valence-electron chi connectivity index (χ4n) is 3.11. The van der Waals surface area contributed by atoms with Gasteiger partial charge in [-0.3, -0.25) is 14.1 Å². The number of hydrogen-bond acceptors (Lipinski definition) is 9. The third kappa shape index (κ3) is 5.81. The molecule has 2 amide bonds. The third-order valence-corrected chi connectivity index (χ3v) is 6.06. The van der Waals surface area contributed by atoms with Crippen LogP contribution in [0.25, 0.3) is 0 Å².